The molecule has 0 spiro atoms. The third kappa shape index (κ3) is 3.53. The highest BCUT2D eigenvalue weighted by molar-refractivity contribution is 7.92. The van der Waals surface area contributed by atoms with Gasteiger partial charge in [0.25, 0.3) is 0 Å². The number of rotatable bonds is 3. The molecule has 1 heterocycles. The number of hydrogen-bond donors (Lipinski definition) is 1. The predicted octanol–water partition coefficient (Wildman–Crippen LogP) is 4.19. The van der Waals surface area contributed by atoms with E-state index >= 15 is 0 Å². The standard InChI is InChI=1S/C21H18N2O2S/c1-26(24,25)23-20-9-7-16-8-10-21-18(11-17(16)13-20)12-19(14-22-21)15-5-3-2-4-6-15/h2-10,12-14,23H,11H2,1H3. The molecule has 4 nitrogen and oxygen atoms in total. The Morgan fingerprint density at radius 1 is 0.923 bits per heavy atom. The van der Waals surface area contributed by atoms with Crippen LogP contribution in [0.3, 0.4) is 0 Å². The first-order valence-corrected chi connectivity index (χ1v) is 10.2. The van der Waals surface area contributed by atoms with E-state index in [2.05, 4.69) is 27.9 Å². The number of fused-ring (bicyclic) bond motifs is 2. The molecule has 0 aliphatic heterocycles. The molecule has 4 rings (SSSR count). The Kier molecular flexibility index (Phi) is 4.09. The van der Waals surface area contributed by atoms with Crippen LogP contribution in [-0.2, 0) is 16.4 Å². The summed E-state index contributed by atoms with van der Waals surface area (Å²) in [6.45, 7) is 0. The van der Waals surface area contributed by atoms with Crippen LogP contribution in [0.5, 0.6) is 0 Å². The van der Waals surface area contributed by atoms with Crippen LogP contribution in [0.25, 0.3) is 23.3 Å². The molecular weight excluding hydrogens is 344 g/mol. The minimum Gasteiger partial charge on any atom is -0.284 e. The number of hydrogen-bond acceptors (Lipinski definition) is 3. The number of sulfonamides is 1. The average Bonchev–Trinajstić information content (AvgIpc) is 2.79. The normalized spacial score (nSPS) is 12.8. The predicted molar refractivity (Wildman–Crippen MR) is 106 cm³/mol. The number of benzene rings is 2. The minimum absolute atomic E-state index is 0.579. The lowest BCUT2D eigenvalue weighted by Gasteiger charge is -2.11. The van der Waals surface area contributed by atoms with Crippen LogP contribution < -0.4 is 4.72 Å². The van der Waals surface area contributed by atoms with Crippen molar-refractivity contribution in [2.24, 2.45) is 0 Å². The summed E-state index contributed by atoms with van der Waals surface area (Å²) in [4.78, 5) is 4.62. The second-order valence-electron chi connectivity index (χ2n) is 6.43. The number of aromatic nitrogens is 1. The molecule has 0 unspecified atom stereocenters. The molecule has 1 aromatic heterocycles. The number of pyridine rings is 1. The topological polar surface area (TPSA) is 59.1 Å². The molecule has 3 aromatic rings. The zero-order valence-electron chi connectivity index (χ0n) is 14.3. The third-order valence-corrected chi connectivity index (χ3v) is 4.96. The van der Waals surface area contributed by atoms with Gasteiger partial charge < -0.3 is 0 Å². The highest BCUT2D eigenvalue weighted by Crippen LogP contribution is 2.29. The Hall–Kier alpha value is -2.92. The SMILES string of the molecule is CS(=O)(=O)Nc1ccc2c(c1)Cc1cc(-c3ccccc3)cnc1C=C2. The van der Waals surface area contributed by atoms with Gasteiger partial charge in [0.1, 0.15) is 0 Å². The number of nitrogens with one attached hydrogen (secondary N) is 1. The second-order valence-corrected chi connectivity index (χ2v) is 8.18. The first-order chi connectivity index (χ1) is 12.5. The number of anilines is 1. The van der Waals surface area contributed by atoms with Gasteiger partial charge in [0, 0.05) is 23.9 Å². The molecular formula is C21H18N2O2S. The summed E-state index contributed by atoms with van der Waals surface area (Å²) in [5.41, 5.74) is 6.99. The van der Waals surface area contributed by atoms with E-state index in [1.165, 1.54) is 0 Å². The maximum absolute atomic E-state index is 11.5. The molecule has 0 saturated carbocycles. The van der Waals surface area contributed by atoms with E-state index in [9.17, 15) is 8.42 Å². The van der Waals surface area contributed by atoms with Crippen molar-refractivity contribution >= 4 is 27.9 Å². The molecule has 1 N–H and O–H groups in total. The molecule has 0 bridgehead atoms. The summed E-state index contributed by atoms with van der Waals surface area (Å²) in [6.07, 6.45) is 7.79. The Morgan fingerprint density at radius 3 is 2.50 bits per heavy atom. The maximum Gasteiger partial charge on any atom is 0.229 e. The number of nitrogens with zero attached hydrogens (tertiary/aromatic N) is 1. The summed E-state index contributed by atoms with van der Waals surface area (Å²) in [6, 6.07) is 17.9. The molecule has 0 atom stereocenters. The van der Waals surface area contributed by atoms with Gasteiger partial charge in [0.05, 0.1) is 11.9 Å². The smallest absolute Gasteiger partial charge is 0.229 e. The lowest BCUT2D eigenvalue weighted by Crippen LogP contribution is -2.10. The van der Waals surface area contributed by atoms with Gasteiger partial charge in [-0.15, -0.1) is 0 Å². The molecule has 5 heteroatoms. The Balaban J connectivity index is 1.74. The minimum atomic E-state index is -3.30. The Morgan fingerprint density at radius 2 is 1.73 bits per heavy atom. The molecule has 2 aromatic carbocycles. The fourth-order valence-electron chi connectivity index (χ4n) is 3.17. The molecule has 0 fully saturated rings. The van der Waals surface area contributed by atoms with Gasteiger partial charge >= 0.3 is 0 Å². The van der Waals surface area contributed by atoms with E-state index in [0.717, 1.165) is 39.8 Å². The second kappa shape index (κ2) is 6.42. The van der Waals surface area contributed by atoms with Crippen LogP contribution in [-0.4, -0.2) is 19.7 Å². The molecule has 1 aliphatic carbocycles. The average molecular weight is 362 g/mol. The van der Waals surface area contributed by atoms with E-state index in [-0.39, 0.29) is 0 Å². The van der Waals surface area contributed by atoms with Crippen molar-refractivity contribution in [2.45, 2.75) is 6.42 Å². The molecule has 0 saturated heterocycles. The summed E-state index contributed by atoms with van der Waals surface area (Å²) in [5.74, 6) is 0. The third-order valence-electron chi connectivity index (χ3n) is 4.36. The van der Waals surface area contributed by atoms with Crippen molar-refractivity contribution in [1.29, 1.82) is 0 Å². The molecule has 1 aliphatic rings. The summed E-state index contributed by atoms with van der Waals surface area (Å²) < 4.78 is 25.5. The van der Waals surface area contributed by atoms with Crippen LogP contribution in [0, 0.1) is 0 Å². The Labute approximate surface area is 153 Å². The van der Waals surface area contributed by atoms with Crippen LogP contribution in [0.1, 0.15) is 22.4 Å². The van der Waals surface area contributed by atoms with Crippen molar-refractivity contribution in [2.75, 3.05) is 11.0 Å². The van der Waals surface area contributed by atoms with Gasteiger partial charge in [-0.25, -0.2) is 8.42 Å². The van der Waals surface area contributed by atoms with Crippen LogP contribution >= 0.6 is 0 Å². The van der Waals surface area contributed by atoms with Gasteiger partial charge in [-0.2, -0.15) is 0 Å². The van der Waals surface area contributed by atoms with E-state index in [0.29, 0.717) is 12.1 Å². The van der Waals surface area contributed by atoms with Crippen molar-refractivity contribution < 1.29 is 8.42 Å². The van der Waals surface area contributed by atoms with Gasteiger partial charge in [0.15, 0.2) is 0 Å². The quantitative estimate of drug-likeness (QED) is 0.594. The summed E-state index contributed by atoms with van der Waals surface area (Å²) in [7, 11) is -3.30. The van der Waals surface area contributed by atoms with E-state index in [1.807, 2.05) is 48.7 Å². The van der Waals surface area contributed by atoms with Crippen molar-refractivity contribution in [1.82, 2.24) is 4.98 Å². The lowest BCUT2D eigenvalue weighted by molar-refractivity contribution is 0.607. The highest BCUT2D eigenvalue weighted by atomic mass is 32.2. The van der Waals surface area contributed by atoms with Gasteiger partial charge in [-0.3, -0.25) is 9.71 Å². The van der Waals surface area contributed by atoms with Crippen molar-refractivity contribution in [3.05, 3.63) is 83.2 Å². The van der Waals surface area contributed by atoms with Gasteiger partial charge in [-0.05, 0) is 46.5 Å². The zero-order chi connectivity index (χ0) is 18.1. The van der Waals surface area contributed by atoms with Crippen molar-refractivity contribution in [3.8, 4) is 11.1 Å². The fraction of sp³-hybridized carbons (Fsp3) is 0.0952. The van der Waals surface area contributed by atoms with E-state index in [1.54, 1.807) is 6.07 Å². The van der Waals surface area contributed by atoms with Crippen LogP contribution in [0.4, 0.5) is 5.69 Å². The van der Waals surface area contributed by atoms with Gasteiger partial charge in [-0.1, -0.05) is 42.5 Å². The summed E-state index contributed by atoms with van der Waals surface area (Å²) >= 11 is 0. The zero-order valence-corrected chi connectivity index (χ0v) is 15.1. The van der Waals surface area contributed by atoms with Crippen molar-refractivity contribution in [3.63, 3.8) is 0 Å². The fourth-order valence-corrected chi connectivity index (χ4v) is 3.73. The largest absolute Gasteiger partial charge is 0.284 e. The first kappa shape index (κ1) is 16.5. The lowest BCUT2D eigenvalue weighted by atomic mass is 9.98. The molecule has 130 valence electrons. The van der Waals surface area contributed by atoms with Crippen LogP contribution in [0.15, 0.2) is 60.8 Å². The van der Waals surface area contributed by atoms with Crippen LogP contribution in [0.2, 0.25) is 0 Å². The monoisotopic (exact) mass is 362 g/mol. The first-order valence-electron chi connectivity index (χ1n) is 8.31. The highest BCUT2D eigenvalue weighted by Gasteiger charge is 2.13. The van der Waals surface area contributed by atoms with Gasteiger partial charge in [0.2, 0.25) is 10.0 Å². The molecule has 26 heavy (non-hydrogen) atoms. The molecule has 0 amide bonds. The molecule has 0 radical (unpaired) electrons. The summed E-state index contributed by atoms with van der Waals surface area (Å²) in [5, 5.41) is 0. The van der Waals surface area contributed by atoms with E-state index in [4.69, 9.17) is 0 Å². The van der Waals surface area contributed by atoms with E-state index < -0.39 is 10.0 Å². The Bertz CT molecular complexity index is 1100. The maximum atomic E-state index is 11.5.